The van der Waals surface area contributed by atoms with E-state index in [1.807, 2.05) is 0 Å². The number of hydrogen-bond donors (Lipinski definition) is 2. The predicted octanol–water partition coefficient (Wildman–Crippen LogP) is 3.35. The summed E-state index contributed by atoms with van der Waals surface area (Å²) >= 11 is 0. The molecule has 0 heterocycles. The SMILES string of the molecule is [CH2-]CC(=O)OC[C@H](COP(=O)(O)OCC[NH3+])OC(=O)CCCCCCCCCCCC. The normalized spacial score (nSPS) is 14.1. The number of esters is 2. The smallest absolute Gasteiger partial charge is 0.464 e. The summed E-state index contributed by atoms with van der Waals surface area (Å²) in [4.78, 5) is 33.0. The molecule has 4 N–H and O–H groups in total. The Balaban J connectivity index is 4.17. The lowest BCUT2D eigenvalue weighted by atomic mass is 10.1. The van der Waals surface area contributed by atoms with Crippen LogP contribution in [0.5, 0.6) is 0 Å². The molecule has 0 bridgehead atoms. The van der Waals surface area contributed by atoms with E-state index >= 15 is 0 Å². The number of unbranched alkanes of at least 4 members (excludes halogenated alkanes) is 9. The first-order valence-corrected chi connectivity index (χ1v) is 12.9. The molecule has 0 aromatic carbocycles. The lowest BCUT2D eigenvalue weighted by molar-refractivity contribution is -0.371. The van der Waals surface area contributed by atoms with E-state index in [9.17, 15) is 19.0 Å². The fourth-order valence-electron chi connectivity index (χ4n) is 2.77. The van der Waals surface area contributed by atoms with Crippen molar-refractivity contribution in [1.29, 1.82) is 0 Å². The van der Waals surface area contributed by atoms with Gasteiger partial charge >= 0.3 is 13.8 Å². The predicted molar refractivity (Wildman–Crippen MR) is 117 cm³/mol. The lowest BCUT2D eigenvalue weighted by Gasteiger charge is -2.19. The first kappa shape index (κ1) is 30.0. The largest absolute Gasteiger partial charge is 0.472 e. The van der Waals surface area contributed by atoms with Crippen LogP contribution >= 0.6 is 7.82 Å². The van der Waals surface area contributed by atoms with Crippen LogP contribution in [0.1, 0.15) is 84.0 Å². The van der Waals surface area contributed by atoms with Crippen LogP contribution in [0.2, 0.25) is 0 Å². The van der Waals surface area contributed by atoms with Crippen LogP contribution in [-0.2, 0) is 32.7 Å². The highest BCUT2D eigenvalue weighted by Gasteiger charge is 2.25. The maximum absolute atomic E-state index is 12.1. The van der Waals surface area contributed by atoms with Gasteiger partial charge < -0.3 is 27.0 Å². The van der Waals surface area contributed by atoms with Crippen molar-refractivity contribution in [2.75, 3.05) is 26.4 Å². The van der Waals surface area contributed by atoms with Gasteiger partial charge in [-0.3, -0.25) is 18.6 Å². The molecule has 0 saturated heterocycles. The van der Waals surface area contributed by atoms with E-state index in [4.69, 9.17) is 14.0 Å². The second-order valence-corrected chi connectivity index (χ2v) is 8.88. The Kier molecular flexibility index (Phi) is 19.0. The van der Waals surface area contributed by atoms with E-state index in [0.29, 0.717) is 13.0 Å². The number of carbonyl (C=O) groups excluding carboxylic acids is 2. The Hall–Kier alpha value is -0.990. The van der Waals surface area contributed by atoms with E-state index in [-0.39, 0.29) is 26.1 Å². The molecule has 10 heteroatoms. The minimum Gasteiger partial charge on any atom is -0.464 e. The number of hydrogen-bond acceptors (Lipinski definition) is 7. The second kappa shape index (κ2) is 19.7. The van der Waals surface area contributed by atoms with Gasteiger partial charge in [-0.25, -0.2) is 4.57 Å². The Bertz CT molecular complexity index is 518. The molecule has 0 spiro atoms. The van der Waals surface area contributed by atoms with Gasteiger partial charge in [-0.2, -0.15) is 0 Å². The molecule has 0 rings (SSSR count). The first-order chi connectivity index (χ1) is 14.8. The quantitative estimate of drug-likeness (QED) is 0.113. The minimum absolute atomic E-state index is 0.0482. The van der Waals surface area contributed by atoms with Crippen LogP contribution in [-0.4, -0.2) is 49.3 Å². The zero-order valence-electron chi connectivity index (χ0n) is 19.1. The molecule has 0 radical (unpaired) electrons. The number of quaternary nitrogens is 1. The Morgan fingerprint density at radius 1 is 0.935 bits per heavy atom. The molecular weight excluding hydrogens is 425 g/mol. The van der Waals surface area contributed by atoms with Crippen LogP contribution < -0.4 is 5.73 Å². The highest BCUT2D eigenvalue weighted by molar-refractivity contribution is 7.47. The van der Waals surface area contributed by atoms with Crippen molar-refractivity contribution in [1.82, 2.24) is 0 Å². The molecule has 0 aromatic heterocycles. The Morgan fingerprint density at radius 2 is 1.52 bits per heavy atom. The number of phosphoric ester groups is 1. The van der Waals surface area contributed by atoms with Gasteiger partial charge in [-0.1, -0.05) is 71.1 Å². The van der Waals surface area contributed by atoms with E-state index in [2.05, 4.69) is 24.1 Å². The van der Waals surface area contributed by atoms with Crippen molar-refractivity contribution in [2.45, 2.75) is 90.1 Å². The van der Waals surface area contributed by atoms with Gasteiger partial charge in [-0.05, 0) is 6.42 Å². The highest BCUT2D eigenvalue weighted by Crippen LogP contribution is 2.43. The summed E-state index contributed by atoms with van der Waals surface area (Å²) in [6.07, 6.45) is 10.7. The van der Waals surface area contributed by atoms with Gasteiger partial charge in [0, 0.05) is 6.42 Å². The Morgan fingerprint density at radius 3 is 2.06 bits per heavy atom. The molecule has 184 valence electrons. The zero-order valence-corrected chi connectivity index (χ0v) is 20.0. The summed E-state index contributed by atoms with van der Waals surface area (Å²) in [6, 6.07) is 0. The summed E-state index contributed by atoms with van der Waals surface area (Å²) in [5, 5.41) is 0. The maximum atomic E-state index is 12.1. The number of phosphoric acid groups is 1. The number of carbonyl (C=O) groups is 2. The molecule has 31 heavy (non-hydrogen) atoms. The third-order valence-electron chi connectivity index (χ3n) is 4.49. The van der Waals surface area contributed by atoms with Gasteiger partial charge in [0.05, 0.1) is 13.2 Å². The van der Waals surface area contributed by atoms with E-state index in [1.165, 1.54) is 38.5 Å². The van der Waals surface area contributed by atoms with Gasteiger partial charge in [0.15, 0.2) is 6.10 Å². The average molecular weight is 468 g/mol. The lowest BCUT2D eigenvalue weighted by Crippen LogP contribution is -2.52. The van der Waals surface area contributed by atoms with Crippen molar-refractivity contribution < 1.29 is 43.3 Å². The fourth-order valence-corrected chi connectivity index (χ4v) is 3.56. The number of ether oxygens (including phenoxy) is 2. The van der Waals surface area contributed by atoms with Crippen molar-refractivity contribution >= 4 is 19.8 Å². The van der Waals surface area contributed by atoms with Crippen molar-refractivity contribution in [2.24, 2.45) is 0 Å². The van der Waals surface area contributed by atoms with Crippen LogP contribution in [0, 0.1) is 6.92 Å². The Labute approximate surface area is 186 Å². The molecule has 0 aliphatic carbocycles. The van der Waals surface area contributed by atoms with Crippen LogP contribution in [0.3, 0.4) is 0 Å². The fraction of sp³-hybridized carbons (Fsp3) is 0.857. The average Bonchev–Trinajstić information content (AvgIpc) is 2.75. The van der Waals surface area contributed by atoms with E-state index in [0.717, 1.165) is 19.3 Å². The molecule has 0 amide bonds. The standard InChI is InChI=1S/C21H41NO8P/c1-3-5-6-7-8-9-10-11-12-13-14-21(24)30-19(17-27-20(23)4-2)18-29-31(25,26)28-16-15-22/h19H,2-18,22H2,1H3,(H,25,26)/q-1/p+1/t19-/m1/s1. The van der Waals surface area contributed by atoms with Gasteiger partial charge in [-0.15, -0.1) is 0 Å². The third kappa shape index (κ3) is 19.4. The van der Waals surface area contributed by atoms with Gasteiger partial charge in [0.1, 0.15) is 13.2 Å². The molecule has 0 aromatic rings. The van der Waals surface area contributed by atoms with Crippen LogP contribution in [0.4, 0.5) is 0 Å². The molecular formula is C21H42NO8P. The number of rotatable bonds is 21. The molecule has 9 nitrogen and oxygen atoms in total. The van der Waals surface area contributed by atoms with Crippen molar-refractivity contribution in [3.05, 3.63) is 6.92 Å². The van der Waals surface area contributed by atoms with Crippen LogP contribution in [0.15, 0.2) is 0 Å². The molecule has 2 atom stereocenters. The van der Waals surface area contributed by atoms with Gasteiger partial charge in [0.25, 0.3) is 5.97 Å². The molecule has 0 saturated carbocycles. The summed E-state index contributed by atoms with van der Waals surface area (Å²) in [6.45, 7) is 5.15. The first-order valence-electron chi connectivity index (χ1n) is 11.4. The van der Waals surface area contributed by atoms with Crippen molar-refractivity contribution in [3.63, 3.8) is 0 Å². The molecule has 0 aliphatic rings. The van der Waals surface area contributed by atoms with Crippen molar-refractivity contribution in [3.8, 4) is 0 Å². The maximum Gasteiger partial charge on any atom is 0.472 e. The monoisotopic (exact) mass is 467 g/mol. The topological polar surface area (TPSA) is 136 Å². The van der Waals surface area contributed by atoms with Gasteiger partial charge in [0.2, 0.25) is 0 Å². The third-order valence-corrected chi connectivity index (χ3v) is 5.47. The van der Waals surface area contributed by atoms with E-state index in [1.54, 1.807) is 0 Å². The minimum atomic E-state index is -4.29. The molecule has 0 aliphatic heterocycles. The summed E-state index contributed by atoms with van der Waals surface area (Å²) in [5.74, 6) is -1.04. The molecule has 1 unspecified atom stereocenters. The zero-order chi connectivity index (χ0) is 23.4. The summed E-state index contributed by atoms with van der Waals surface area (Å²) < 4.78 is 31.5. The van der Waals surface area contributed by atoms with Crippen LogP contribution in [0.25, 0.3) is 0 Å². The summed E-state index contributed by atoms with van der Waals surface area (Å²) in [7, 11) is -4.29. The highest BCUT2D eigenvalue weighted by atomic mass is 31.2. The van der Waals surface area contributed by atoms with E-state index < -0.39 is 32.5 Å². The second-order valence-electron chi connectivity index (χ2n) is 7.43. The summed E-state index contributed by atoms with van der Waals surface area (Å²) in [5.41, 5.74) is 3.50. The molecule has 0 fully saturated rings.